The van der Waals surface area contributed by atoms with E-state index >= 15 is 0 Å². The Labute approximate surface area is 167 Å². The van der Waals surface area contributed by atoms with Crippen LogP contribution in [0.4, 0.5) is 0 Å². The van der Waals surface area contributed by atoms with Gasteiger partial charge in [0.25, 0.3) is 5.91 Å². The van der Waals surface area contributed by atoms with E-state index in [-0.39, 0.29) is 18.6 Å². The van der Waals surface area contributed by atoms with Crippen molar-refractivity contribution < 1.29 is 19.1 Å². The molecule has 0 unspecified atom stereocenters. The number of thiophene rings is 1. The Morgan fingerprint density at radius 3 is 2.54 bits per heavy atom. The summed E-state index contributed by atoms with van der Waals surface area (Å²) in [6.07, 6.45) is 0. The van der Waals surface area contributed by atoms with E-state index in [1.165, 1.54) is 7.11 Å². The van der Waals surface area contributed by atoms with E-state index in [0.717, 1.165) is 16.0 Å². The summed E-state index contributed by atoms with van der Waals surface area (Å²) in [5.41, 5.74) is 2.16. The van der Waals surface area contributed by atoms with Crippen LogP contribution in [0.15, 0.2) is 66.0 Å². The van der Waals surface area contributed by atoms with Crippen LogP contribution < -0.4 is 10.1 Å². The molecule has 144 valence electrons. The van der Waals surface area contributed by atoms with Crippen LogP contribution in [0.2, 0.25) is 0 Å². The Bertz CT molecular complexity index is 938. The van der Waals surface area contributed by atoms with Gasteiger partial charge in [-0.25, -0.2) is 4.79 Å². The lowest BCUT2D eigenvalue weighted by atomic mass is 10.1. The fourth-order valence-electron chi connectivity index (χ4n) is 2.81. The van der Waals surface area contributed by atoms with Crippen molar-refractivity contribution in [2.45, 2.75) is 13.0 Å². The van der Waals surface area contributed by atoms with Crippen molar-refractivity contribution >= 4 is 23.2 Å². The second-order valence-corrected chi connectivity index (χ2v) is 7.19. The summed E-state index contributed by atoms with van der Waals surface area (Å²) in [6.45, 7) is 1.50. The minimum atomic E-state index is -0.594. The highest BCUT2D eigenvalue weighted by atomic mass is 32.1. The number of rotatable bonds is 7. The van der Waals surface area contributed by atoms with E-state index in [2.05, 4.69) is 5.32 Å². The molecule has 5 nitrogen and oxygen atoms in total. The molecule has 1 atom stereocenters. The second kappa shape index (κ2) is 9.19. The van der Waals surface area contributed by atoms with E-state index in [9.17, 15) is 9.59 Å². The maximum atomic E-state index is 12.5. The molecule has 0 radical (unpaired) electrons. The van der Waals surface area contributed by atoms with Crippen LogP contribution in [-0.2, 0) is 9.53 Å². The molecule has 3 aromatic rings. The van der Waals surface area contributed by atoms with Gasteiger partial charge in [0.05, 0.1) is 13.2 Å². The van der Waals surface area contributed by atoms with Crippen molar-refractivity contribution in [1.29, 1.82) is 0 Å². The zero-order valence-corrected chi connectivity index (χ0v) is 16.5. The zero-order valence-electron chi connectivity index (χ0n) is 15.7. The number of hydrogen-bond acceptors (Lipinski definition) is 5. The summed E-state index contributed by atoms with van der Waals surface area (Å²) in [6, 6.07) is 18.5. The molecule has 0 bridgehead atoms. The normalized spacial score (nSPS) is 11.5. The predicted molar refractivity (Wildman–Crippen MR) is 109 cm³/mol. The number of nitrogens with one attached hydrogen (secondary N) is 1. The zero-order chi connectivity index (χ0) is 19.9. The molecule has 1 amide bonds. The first-order valence-electron chi connectivity index (χ1n) is 8.78. The number of carbonyl (C=O) groups excluding carboxylic acids is 2. The highest BCUT2D eigenvalue weighted by molar-refractivity contribution is 7.10. The number of benzene rings is 2. The van der Waals surface area contributed by atoms with Crippen molar-refractivity contribution in [1.82, 2.24) is 5.32 Å². The number of ether oxygens (including phenoxy) is 2. The first-order chi connectivity index (χ1) is 13.6. The second-order valence-electron chi connectivity index (χ2n) is 6.21. The predicted octanol–water partition coefficient (Wildman–Crippen LogP) is 4.13. The minimum absolute atomic E-state index is 0.291. The lowest BCUT2D eigenvalue weighted by Gasteiger charge is -2.18. The van der Waals surface area contributed by atoms with E-state index < -0.39 is 5.97 Å². The molecule has 6 heteroatoms. The first-order valence-corrected chi connectivity index (χ1v) is 9.66. The summed E-state index contributed by atoms with van der Waals surface area (Å²) in [7, 11) is 1.49. The lowest BCUT2D eigenvalue weighted by Crippen LogP contribution is -2.32. The van der Waals surface area contributed by atoms with Gasteiger partial charge in [0.1, 0.15) is 11.3 Å². The molecule has 0 saturated heterocycles. The lowest BCUT2D eigenvalue weighted by molar-refractivity contribution is -0.124. The van der Waals surface area contributed by atoms with Gasteiger partial charge in [-0.1, -0.05) is 48.0 Å². The third kappa shape index (κ3) is 4.78. The van der Waals surface area contributed by atoms with Crippen molar-refractivity contribution in [3.8, 4) is 5.75 Å². The van der Waals surface area contributed by atoms with Gasteiger partial charge in [-0.15, -0.1) is 11.3 Å². The van der Waals surface area contributed by atoms with E-state index in [1.807, 2.05) is 60.8 Å². The summed E-state index contributed by atoms with van der Waals surface area (Å²) in [5.74, 6) is -0.554. The molecule has 0 fully saturated rings. The Morgan fingerprint density at radius 2 is 1.86 bits per heavy atom. The third-order valence-electron chi connectivity index (χ3n) is 4.18. The fraction of sp³-hybridized carbons (Fsp3) is 0.182. The summed E-state index contributed by atoms with van der Waals surface area (Å²) >= 11 is 1.56. The topological polar surface area (TPSA) is 64.6 Å². The van der Waals surface area contributed by atoms with Crippen LogP contribution in [0.25, 0.3) is 0 Å². The quantitative estimate of drug-likeness (QED) is 0.611. The smallest absolute Gasteiger partial charge is 0.342 e. The van der Waals surface area contributed by atoms with Gasteiger partial charge in [-0.05, 0) is 36.1 Å². The van der Waals surface area contributed by atoms with Crippen molar-refractivity contribution in [3.05, 3.63) is 87.6 Å². The number of aryl methyl sites for hydroxylation is 1. The van der Waals surface area contributed by atoms with Gasteiger partial charge in [-0.2, -0.15) is 0 Å². The molecule has 1 heterocycles. The van der Waals surface area contributed by atoms with Gasteiger partial charge < -0.3 is 14.8 Å². The Morgan fingerprint density at radius 1 is 1.07 bits per heavy atom. The molecule has 0 aliphatic carbocycles. The van der Waals surface area contributed by atoms with E-state index in [1.54, 1.807) is 23.5 Å². The third-order valence-corrected chi connectivity index (χ3v) is 5.11. The molecule has 2 aromatic carbocycles. The monoisotopic (exact) mass is 395 g/mol. The van der Waals surface area contributed by atoms with Crippen LogP contribution in [-0.4, -0.2) is 25.6 Å². The number of carbonyl (C=O) groups is 2. The van der Waals surface area contributed by atoms with E-state index in [0.29, 0.717) is 11.3 Å². The summed E-state index contributed by atoms with van der Waals surface area (Å²) < 4.78 is 10.4. The van der Waals surface area contributed by atoms with Gasteiger partial charge in [0, 0.05) is 4.88 Å². The highest BCUT2D eigenvalue weighted by Gasteiger charge is 2.20. The number of methoxy groups -OCH3 is 1. The molecular formula is C22H21NO4S. The number of hydrogen-bond donors (Lipinski definition) is 1. The van der Waals surface area contributed by atoms with Crippen molar-refractivity contribution in [2.24, 2.45) is 0 Å². The Balaban J connectivity index is 1.67. The summed E-state index contributed by atoms with van der Waals surface area (Å²) in [5, 5.41) is 4.91. The maximum absolute atomic E-state index is 12.5. The van der Waals surface area contributed by atoms with Crippen LogP contribution >= 0.6 is 11.3 Å². The molecular weight excluding hydrogens is 374 g/mol. The largest absolute Gasteiger partial charge is 0.496 e. The first kappa shape index (κ1) is 19.6. The maximum Gasteiger partial charge on any atom is 0.342 e. The molecule has 0 aliphatic rings. The molecule has 1 aromatic heterocycles. The average Bonchev–Trinajstić information content (AvgIpc) is 3.25. The molecule has 0 aliphatic heterocycles. The minimum Gasteiger partial charge on any atom is -0.496 e. The SMILES string of the molecule is COc1ccc(C)cc1C(=O)OCC(=O)N[C@H](c1ccccc1)c1cccs1. The number of esters is 1. The molecule has 1 N–H and O–H groups in total. The van der Waals surface area contributed by atoms with Crippen molar-refractivity contribution in [3.63, 3.8) is 0 Å². The van der Waals surface area contributed by atoms with Gasteiger partial charge in [0.2, 0.25) is 0 Å². The van der Waals surface area contributed by atoms with Gasteiger partial charge >= 0.3 is 5.97 Å². The number of amides is 1. The van der Waals surface area contributed by atoms with Gasteiger partial charge in [0.15, 0.2) is 6.61 Å². The highest BCUT2D eigenvalue weighted by Crippen LogP contribution is 2.26. The van der Waals surface area contributed by atoms with Crippen LogP contribution in [0, 0.1) is 6.92 Å². The molecule has 0 saturated carbocycles. The van der Waals surface area contributed by atoms with Crippen LogP contribution in [0.5, 0.6) is 5.75 Å². The fourth-order valence-corrected chi connectivity index (χ4v) is 3.62. The van der Waals surface area contributed by atoms with Gasteiger partial charge in [-0.3, -0.25) is 4.79 Å². The average molecular weight is 395 g/mol. The molecule has 28 heavy (non-hydrogen) atoms. The standard InChI is InChI=1S/C22H21NO4S/c1-15-10-11-18(26-2)17(13-15)22(25)27-14-20(24)23-21(19-9-6-12-28-19)16-7-4-3-5-8-16/h3-13,21H,14H2,1-2H3,(H,23,24)/t21-/m1/s1. The Hall–Kier alpha value is -3.12. The van der Waals surface area contributed by atoms with Crippen LogP contribution in [0.3, 0.4) is 0 Å². The molecule has 3 rings (SSSR count). The Kier molecular flexibility index (Phi) is 6.45. The van der Waals surface area contributed by atoms with E-state index in [4.69, 9.17) is 9.47 Å². The van der Waals surface area contributed by atoms with Crippen LogP contribution in [0.1, 0.15) is 32.4 Å². The summed E-state index contributed by atoms with van der Waals surface area (Å²) in [4.78, 5) is 25.9. The molecule has 0 spiro atoms. The van der Waals surface area contributed by atoms with Crippen molar-refractivity contribution in [2.75, 3.05) is 13.7 Å².